The van der Waals surface area contributed by atoms with E-state index in [1.54, 1.807) is 13.0 Å². The normalized spacial score (nSPS) is 13.7. The predicted octanol–water partition coefficient (Wildman–Crippen LogP) is 2.55. The molecule has 5 nitrogen and oxygen atoms in total. The lowest BCUT2D eigenvalue weighted by Gasteiger charge is -2.17. The lowest BCUT2D eigenvalue weighted by atomic mass is 9.99. The Labute approximate surface area is 123 Å². The number of thiophene rings is 1. The Bertz CT molecular complexity index is 485. The highest BCUT2D eigenvalue weighted by Gasteiger charge is 2.23. The average Bonchev–Trinajstić information content (AvgIpc) is 2.78. The molecule has 2 atom stereocenters. The Kier molecular flexibility index (Phi) is 6.16. The van der Waals surface area contributed by atoms with Gasteiger partial charge in [-0.1, -0.05) is 20.3 Å². The minimum absolute atomic E-state index is 0.0853. The number of anilines is 1. The van der Waals surface area contributed by atoms with Gasteiger partial charge in [-0.2, -0.15) is 0 Å². The number of carbonyl (C=O) groups excluding carboxylic acids is 2. The van der Waals surface area contributed by atoms with Gasteiger partial charge in [-0.05, 0) is 25.8 Å². The third kappa shape index (κ3) is 4.05. The van der Waals surface area contributed by atoms with Gasteiger partial charge in [0.05, 0.1) is 18.2 Å². The summed E-state index contributed by atoms with van der Waals surface area (Å²) in [4.78, 5) is 24.8. The molecule has 0 fully saturated rings. The first-order valence-corrected chi connectivity index (χ1v) is 7.56. The van der Waals surface area contributed by atoms with E-state index in [0.717, 1.165) is 11.3 Å². The van der Waals surface area contributed by atoms with Crippen molar-refractivity contribution in [2.75, 3.05) is 11.9 Å². The molecule has 0 saturated heterocycles. The summed E-state index contributed by atoms with van der Waals surface area (Å²) in [5, 5.41) is 3.24. The number of amides is 1. The van der Waals surface area contributed by atoms with Gasteiger partial charge in [-0.3, -0.25) is 4.79 Å². The lowest BCUT2D eigenvalue weighted by Crippen LogP contribution is -2.40. The lowest BCUT2D eigenvalue weighted by molar-refractivity contribution is -0.118. The van der Waals surface area contributed by atoms with Crippen molar-refractivity contribution in [3.8, 4) is 0 Å². The van der Waals surface area contributed by atoms with Crippen LogP contribution in [0, 0.1) is 12.8 Å². The zero-order valence-corrected chi connectivity index (χ0v) is 13.2. The van der Waals surface area contributed by atoms with Gasteiger partial charge in [0.1, 0.15) is 5.00 Å². The molecule has 6 heteroatoms. The van der Waals surface area contributed by atoms with Crippen LogP contribution < -0.4 is 11.1 Å². The van der Waals surface area contributed by atoms with Crippen LogP contribution >= 0.6 is 11.3 Å². The van der Waals surface area contributed by atoms with Gasteiger partial charge >= 0.3 is 5.97 Å². The molecule has 0 aliphatic heterocycles. The van der Waals surface area contributed by atoms with Crippen molar-refractivity contribution < 1.29 is 14.3 Å². The molecule has 0 unspecified atom stereocenters. The molecule has 1 aromatic heterocycles. The molecule has 0 bridgehead atoms. The molecule has 1 amide bonds. The Morgan fingerprint density at radius 2 is 2.10 bits per heavy atom. The maximum absolute atomic E-state index is 12.1. The molecule has 0 aromatic carbocycles. The summed E-state index contributed by atoms with van der Waals surface area (Å²) < 4.78 is 4.98. The molecule has 1 aromatic rings. The topological polar surface area (TPSA) is 81.4 Å². The largest absolute Gasteiger partial charge is 0.462 e. The third-order valence-electron chi connectivity index (χ3n) is 3.15. The van der Waals surface area contributed by atoms with Gasteiger partial charge in [0.25, 0.3) is 0 Å². The van der Waals surface area contributed by atoms with Crippen molar-refractivity contribution in [1.82, 2.24) is 0 Å². The molecule has 3 N–H and O–H groups in total. The van der Waals surface area contributed by atoms with Crippen LogP contribution in [0.25, 0.3) is 0 Å². The van der Waals surface area contributed by atoms with Crippen molar-refractivity contribution >= 4 is 28.2 Å². The number of ether oxygens (including phenoxy) is 1. The predicted molar refractivity (Wildman–Crippen MR) is 81.1 cm³/mol. The smallest absolute Gasteiger partial charge is 0.341 e. The van der Waals surface area contributed by atoms with Crippen molar-refractivity contribution in [3.05, 3.63) is 16.5 Å². The number of nitrogens with one attached hydrogen (secondary N) is 1. The summed E-state index contributed by atoms with van der Waals surface area (Å²) >= 11 is 1.35. The maximum Gasteiger partial charge on any atom is 0.341 e. The van der Waals surface area contributed by atoms with Crippen LogP contribution in [0.15, 0.2) is 6.07 Å². The molecule has 1 heterocycles. The first-order chi connectivity index (χ1) is 9.40. The van der Waals surface area contributed by atoms with Gasteiger partial charge in [0.2, 0.25) is 5.91 Å². The fourth-order valence-electron chi connectivity index (χ4n) is 1.68. The molecule has 20 heavy (non-hydrogen) atoms. The monoisotopic (exact) mass is 298 g/mol. The summed E-state index contributed by atoms with van der Waals surface area (Å²) in [5.41, 5.74) is 6.28. The Balaban J connectivity index is 2.87. The molecule has 112 valence electrons. The summed E-state index contributed by atoms with van der Waals surface area (Å²) in [6.45, 7) is 7.83. The standard InChI is InChI=1S/C14H22N2O3S/c1-5-8(3)11(15)12(17)16-13-10(7-9(4)20-13)14(18)19-6-2/h7-8,11H,5-6,15H2,1-4H3,(H,16,17)/t8-,11-/m0/s1. The second-order valence-electron chi connectivity index (χ2n) is 4.72. The minimum atomic E-state index is -0.586. The zero-order valence-electron chi connectivity index (χ0n) is 12.4. The van der Waals surface area contributed by atoms with Crippen molar-refractivity contribution in [2.24, 2.45) is 11.7 Å². The molecule has 0 radical (unpaired) electrons. The number of carbonyl (C=O) groups is 2. The van der Waals surface area contributed by atoms with Crippen molar-refractivity contribution in [3.63, 3.8) is 0 Å². The maximum atomic E-state index is 12.1. The highest BCUT2D eigenvalue weighted by atomic mass is 32.1. The third-order valence-corrected chi connectivity index (χ3v) is 4.11. The Morgan fingerprint density at radius 3 is 2.65 bits per heavy atom. The van der Waals surface area contributed by atoms with Crippen molar-refractivity contribution in [1.29, 1.82) is 0 Å². The first-order valence-electron chi connectivity index (χ1n) is 6.74. The fraction of sp³-hybridized carbons (Fsp3) is 0.571. The van der Waals surface area contributed by atoms with Gasteiger partial charge in [0, 0.05) is 4.88 Å². The second kappa shape index (κ2) is 7.40. The fourth-order valence-corrected chi connectivity index (χ4v) is 2.58. The SMILES string of the molecule is CCOC(=O)c1cc(C)sc1NC(=O)[C@@H](N)[C@@H](C)CC. The molecule has 0 spiro atoms. The quantitative estimate of drug-likeness (QED) is 0.791. The van der Waals surface area contributed by atoms with Crippen LogP contribution in [0.4, 0.5) is 5.00 Å². The minimum Gasteiger partial charge on any atom is -0.462 e. The Hall–Kier alpha value is -1.40. The van der Waals surface area contributed by atoms with Crippen LogP contribution in [0.1, 0.15) is 42.4 Å². The van der Waals surface area contributed by atoms with Crippen LogP contribution in [-0.4, -0.2) is 24.5 Å². The first kappa shape index (κ1) is 16.7. The summed E-state index contributed by atoms with van der Waals surface area (Å²) in [5.74, 6) is -0.613. The number of hydrogen-bond acceptors (Lipinski definition) is 5. The van der Waals surface area contributed by atoms with Gasteiger partial charge in [-0.25, -0.2) is 4.79 Å². The van der Waals surface area contributed by atoms with E-state index in [-0.39, 0.29) is 11.8 Å². The average molecular weight is 298 g/mol. The van der Waals surface area contributed by atoms with E-state index >= 15 is 0 Å². The van der Waals surface area contributed by atoms with E-state index < -0.39 is 12.0 Å². The van der Waals surface area contributed by atoms with E-state index in [1.165, 1.54) is 11.3 Å². The summed E-state index contributed by atoms with van der Waals surface area (Å²) in [6, 6.07) is 1.13. The molecule has 0 aliphatic rings. The Morgan fingerprint density at radius 1 is 1.45 bits per heavy atom. The van der Waals surface area contributed by atoms with Crippen LogP contribution in [0.5, 0.6) is 0 Å². The number of aryl methyl sites for hydroxylation is 1. The number of hydrogen-bond donors (Lipinski definition) is 2. The van der Waals surface area contributed by atoms with Crippen molar-refractivity contribution in [2.45, 2.75) is 40.2 Å². The molecule has 1 rings (SSSR count). The highest BCUT2D eigenvalue weighted by Crippen LogP contribution is 2.28. The van der Waals surface area contributed by atoms with E-state index in [9.17, 15) is 9.59 Å². The van der Waals surface area contributed by atoms with E-state index in [4.69, 9.17) is 10.5 Å². The highest BCUT2D eigenvalue weighted by molar-refractivity contribution is 7.16. The molecule has 0 saturated carbocycles. The van der Waals surface area contributed by atoms with Crippen LogP contribution in [0.2, 0.25) is 0 Å². The van der Waals surface area contributed by atoms with Gasteiger partial charge in [-0.15, -0.1) is 11.3 Å². The second-order valence-corrected chi connectivity index (χ2v) is 5.98. The van der Waals surface area contributed by atoms with Gasteiger partial charge < -0.3 is 15.8 Å². The summed E-state index contributed by atoms with van der Waals surface area (Å²) in [6.07, 6.45) is 0.822. The van der Waals surface area contributed by atoms with Crippen LogP contribution in [0.3, 0.4) is 0 Å². The summed E-state index contributed by atoms with van der Waals surface area (Å²) in [7, 11) is 0. The van der Waals surface area contributed by atoms with E-state index in [1.807, 2.05) is 20.8 Å². The number of esters is 1. The van der Waals surface area contributed by atoms with Gasteiger partial charge in [0.15, 0.2) is 0 Å². The van der Waals surface area contributed by atoms with E-state index in [2.05, 4.69) is 5.32 Å². The molecular weight excluding hydrogens is 276 g/mol. The number of rotatable bonds is 6. The molecule has 0 aliphatic carbocycles. The zero-order chi connectivity index (χ0) is 15.3. The van der Waals surface area contributed by atoms with E-state index in [0.29, 0.717) is 17.2 Å². The number of nitrogens with two attached hydrogens (primary N) is 1. The molecular formula is C14H22N2O3S. The van der Waals surface area contributed by atoms with Crippen LogP contribution in [-0.2, 0) is 9.53 Å².